The van der Waals surface area contributed by atoms with Gasteiger partial charge in [-0.2, -0.15) is 0 Å². The summed E-state index contributed by atoms with van der Waals surface area (Å²) in [6.45, 7) is 3.23. The molecule has 0 atom stereocenters. The predicted molar refractivity (Wildman–Crippen MR) is 75.6 cm³/mol. The molecular formula is C14H25N3O3. The number of nitrogens with zero attached hydrogens (tertiary/aromatic N) is 1. The van der Waals surface area contributed by atoms with Crippen LogP contribution in [-0.2, 0) is 4.79 Å². The molecule has 1 aliphatic heterocycles. The van der Waals surface area contributed by atoms with Gasteiger partial charge in [0, 0.05) is 32.7 Å². The Hall–Kier alpha value is -1.30. The molecule has 0 bridgehead atoms. The standard InChI is InChI=1S/C14H25N3O3/c18-12(19)14(5-3-1-2-4-6-14)11-16-13(20)17-9-7-15-8-10-17/h15H,1-11H2,(H,16,20)(H,18,19). The van der Waals surface area contributed by atoms with Crippen LogP contribution in [0.1, 0.15) is 38.5 Å². The highest BCUT2D eigenvalue weighted by Crippen LogP contribution is 2.34. The normalized spacial score (nSPS) is 22.9. The molecule has 0 unspecified atom stereocenters. The lowest BCUT2D eigenvalue weighted by atomic mass is 9.80. The minimum Gasteiger partial charge on any atom is -0.481 e. The van der Waals surface area contributed by atoms with Crippen LogP contribution in [0.3, 0.4) is 0 Å². The van der Waals surface area contributed by atoms with Gasteiger partial charge in [0.2, 0.25) is 0 Å². The number of amides is 2. The lowest BCUT2D eigenvalue weighted by Gasteiger charge is -2.31. The van der Waals surface area contributed by atoms with Gasteiger partial charge in [0.1, 0.15) is 0 Å². The van der Waals surface area contributed by atoms with Crippen LogP contribution in [0.5, 0.6) is 0 Å². The van der Waals surface area contributed by atoms with E-state index in [1.54, 1.807) is 4.90 Å². The van der Waals surface area contributed by atoms with E-state index in [2.05, 4.69) is 10.6 Å². The Morgan fingerprint density at radius 1 is 1.10 bits per heavy atom. The molecule has 2 fully saturated rings. The summed E-state index contributed by atoms with van der Waals surface area (Å²) in [5.41, 5.74) is -0.764. The fourth-order valence-electron chi connectivity index (χ4n) is 3.10. The van der Waals surface area contributed by atoms with Crippen molar-refractivity contribution in [2.45, 2.75) is 38.5 Å². The summed E-state index contributed by atoms with van der Waals surface area (Å²) in [7, 11) is 0. The van der Waals surface area contributed by atoms with E-state index in [1.807, 2.05) is 0 Å². The smallest absolute Gasteiger partial charge is 0.317 e. The molecule has 6 heteroatoms. The number of rotatable bonds is 3. The molecule has 114 valence electrons. The van der Waals surface area contributed by atoms with Crippen LogP contribution >= 0.6 is 0 Å². The zero-order valence-corrected chi connectivity index (χ0v) is 12.0. The maximum Gasteiger partial charge on any atom is 0.317 e. The Balaban J connectivity index is 1.91. The Labute approximate surface area is 119 Å². The summed E-state index contributed by atoms with van der Waals surface area (Å²) in [4.78, 5) is 25.5. The Bertz CT molecular complexity index is 346. The van der Waals surface area contributed by atoms with E-state index in [-0.39, 0.29) is 12.6 Å². The molecule has 6 nitrogen and oxygen atoms in total. The third kappa shape index (κ3) is 3.62. The molecule has 0 aromatic heterocycles. The first-order valence-corrected chi connectivity index (χ1v) is 7.61. The van der Waals surface area contributed by atoms with Crippen molar-refractivity contribution in [3.63, 3.8) is 0 Å². The van der Waals surface area contributed by atoms with E-state index in [9.17, 15) is 14.7 Å². The van der Waals surface area contributed by atoms with Gasteiger partial charge in [-0.3, -0.25) is 4.79 Å². The van der Waals surface area contributed by atoms with Crippen molar-refractivity contribution in [3.05, 3.63) is 0 Å². The Morgan fingerprint density at radius 2 is 1.70 bits per heavy atom. The molecule has 20 heavy (non-hydrogen) atoms. The molecule has 1 aliphatic carbocycles. The summed E-state index contributed by atoms with van der Waals surface area (Å²) in [5.74, 6) is -0.764. The Kier molecular flexibility index (Phi) is 5.23. The van der Waals surface area contributed by atoms with Crippen LogP contribution in [0.25, 0.3) is 0 Å². The van der Waals surface area contributed by atoms with Gasteiger partial charge in [-0.25, -0.2) is 4.79 Å². The van der Waals surface area contributed by atoms with Gasteiger partial charge in [-0.1, -0.05) is 25.7 Å². The summed E-state index contributed by atoms with van der Waals surface area (Å²) in [5, 5.41) is 15.6. The highest BCUT2D eigenvalue weighted by molar-refractivity contribution is 5.78. The summed E-state index contributed by atoms with van der Waals surface area (Å²) in [6, 6.07) is -0.128. The first-order valence-electron chi connectivity index (χ1n) is 7.61. The van der Waals surface area contributed by atoms with Crippen LogP contribution in [0.4, 0.5) is 4.79 Å². The van der Waals surface area contributed by atoms with Crippen LogP contribution in [0.15, 0.2) is 0 Å². The van der Waals surface area contributed by atoms with E-state index in [4.69, 9.17) is 0 Å². The fourth-order valence-corrected chi connectivity index (χ4v) is 3.10. The molecule has 1 heterocycles. The zero-order valence-electron chi connectivity index (χ0n) is 12.0. The van der Waals surface area contributed by atoms with Crippen molar-refractivity contribution >= 4 is 12.0 Å². The summed E-state index contributed by atoms with van der Waals surface area (Å²) >= 11 is 0. The summed E-state index contributed by atoms with van der Waals surface area (Å²) in [6.07, 6.45) is 5.42. The topological polar surface area (TPSA) is 81.7 Å². The number of carboxylic acids is 1. The number of nitrogens with one attached hydrogen (secondary N) is 2. The van der Waals surface area contributed by atoms with E-state index in [1.165, 1.54) is 0 Å². The lowest BCUT2D eigenvalue weighted by molar-refractivity contribution is -0.149. The molecule has 1 saturated heterocycles. The van der Waals surface area contributed by atoms with E-state index in [0.29, 0.717) is 25.9 Å². The van der Waals surface area contributed by atoms with Crippen molar-refractivity contribution in [2.24, 2.45) is 5.41 Å². The SMILES string of the molecule is O=C(NCC1(C(=O)O)CCCCCC1)N1CCNCC1. The van der Waals surface area contributed by atoms with Gasteiger partial charge < -0.3 is 20.6 Å². The zero-order chi connectivity index (χ0) is 14.4. The second kappa shape index (κ2) is 6.92. The number of hydrogen-bond acceptors (Lipinski definition) is 3. The largest absolute Gasteiger partial charge is 0.481 e. The minimum absolute atomic E-state index is 0.128. The molecule has 2 amide bonds. The second-order valence-electron chi connectivity index (χ2n) is 5.90. The summed E-state index contributed by atoms with van der Waals surface area (Å²) < 4.78 is 0. The first-order chi connectivity index (χ1) is 9.64. The molecule has 3 N–H and O–H groups in total. The first kappa shape index (κ1) is 15.1. The molecule has 0 spiro atoms. The number of carbonyl (C=O) groups excluding carboxylic acids is 1. The molecular weight excluding hydrogens is 258 g/mol. The lowest BCUT2D eigenvalue weighted by Crippen LogP contribution is -2.52. The number of aliphatic carboxylic acids is 1. The van der Waals surface area contributed by atoms with E-state index >= 15 is 0 Å². The molecule has 1 saturated carbocycles. The van der Waals surface area contributed by atoms with Crippen LogP contribution < -0.4 is 10.6 Å². The molecule has 0 aromatic carbocycles. The van der Waals surface area contributed by atoms with Crippen molar-refractivity contribution in [1.29, 1.82) is 0 Å². The number of carboxylic acid groups (broad SMARTS) is 1. The number of carbonyl (C=O) groups is 2. The van der Waals surface area contributed by atoms with Crippen molar-refractivity contribution in [1.82, 2.24) is 15.5 Å². The number of hydrogen-bond donors (Lipinski definition) is 3. The molecule has 2 aliphatic rings. The quantitative estimate of drug-likeness (QED) is 0.676. The van der Waals surface area contributed by atoms with Gasteiger partial charge in [-0.05, 0) is 12.8 Å². The van der Waals surface area contributed by atoms with Gasteiger partial charge in [0.15, 0.2) is 0 Å². The predicted octanol–water partition coefficient (Wildman–Crippen LogP) is 1.03. The van der Waals surface area contributed by atoms with Gasteiger partial charge >= 0.3 is 12.0 Å². The van der Waals surface area contributed by atoms with Gasteiger partial charge in [0.25, 0.3) is 0 Å². The van der Waals surface area contributed by atoms with Crippen LogP contribution in [0.2, 0.25) is 0 Å². The number of urea groups is 1. The highest BCUT2D eigenvalue weighted by atomic mass is 16.4. The average Bonchev–Trinajstić information content (AvgIpc) is 2.72. The third-order valence-corrected chi connectivity index (χ3v) is 4.50. The number of piperazine rings is 1. The molecule has 2 rings (SSSR count). The fraction of sp³-hybridized carbons (Fsp3) is 0.857. The Morgan fingerprint density at radius 3 is 2.25 bits per heavy atom. The maximum atomic E-state index is 12.1. The second-order valence-corrected chi connectivity index (χ2v) is 5.90. The minimum atomic E-state index is -0.764. The maximum absolute atomic E-state index is 12.1. The van der Waals surface area contributed by atoms with E-state index < -0.39 is 11.4 Å². The molecule has 0 radical (unpaired) electrons. The van der Waals surface area contributed by atoms with Crippen molar-refractivity contribution in [3.8, 4) is 0 Å². The third-order valence-electron chi connectivity index (χ3n) is 4.50. The average molecular weight is 283 g/mol. The van der Waals surface area contributed by atoms with Gasteiger partial charge in [0.05, 0.1) is 5.41 Å². The molecule has 0 aromatic rings. The monoisotopic (exact) mass is 283 g/mol. The van der Waals surface area contributed by atoms with Crippen LogP contribution in [0, 0.1) is 5.41 Å². The van der Waals surface area contributed by atoms with Gasteiger partial charge in [-0.15, -0.1) is 0 Å². The van der Waals surface area contributed by atoms with Crippen molar-refractivity contribution in [2.75, 3.05) is 32.7 Å². The van der Waals surface area contributed by atoms with Crippen molar-refractivity contribution < 1.29 is 14.7 Å². The van der Waals surface area contributed by atoms with Crippen LogP contribution in [-0.4, -0.2) is 54.7 Å². The van der Waals surface area contributed by atoms with E-state index in [0.717, 1.165) is 38.8 Å². The highest BCUT2D eigenvalue weighted by Gasteiger charge is 2.39.